The maximum atomic E-state index is 11.9. The summed E-state index contributed by atoms with van der Waals surface area (Å²) in [7, 11) is 1.38. The molecule has 0 unspecified atom stereocenters. The minimum atomic E-state index is -0.844. The Morgan fingerprint density at radius 2 is 1.89 bits per heavy atom. The Morgan fingerprint density at radius 1 is 1.28 bits per heavy atom. The lowest BCUT2D eigenvalue weighted by atomic mass is 10.0. The van der Waals surface area contributed by atoms with Crippen LogP contribution in [0.15, 0.2) is 24.3 Å². The molecule has 1 aliphatic rings. The summed E-state index contributed by atoms with van der Waals surface area (Å²) >= 11 is 0. The molecule has 1 aromatic carbocycles. The number of nitrogens with zero attached hydrogens (tertiary/aromatic N) is 1. The molecule has 1 saturated carbocycles. The minimum Gasteiger partial charge on any atom is -0.476 e. The van der Waals surface area contributed by atoms with Crippen LogP contribution in [-0.4, -0.2) is 18.7 Å². The van der Waals surface area contributed by atoms with E-state index in [1.807, 2.05) is 6.07 Å². The molecule has 18 heavy (non-hydrogen) atoms. The molecule has 4 heteroatoms. The van der Waals surface area contributed by atoms with Crippen LogP contribution in [0.25, 0.3) is 0 Å². The summed E-state index contributed by atoms with van der Waals surface area (Å²) < 4.78 is 10.7. The van der Waals surface area contributed by atoms with Crippen LogP contribution in [0.5, 0.6) is 5.75 Å². The summed E-state index contributed by atoms with van der Waals surface area (Å²) in [6, 6.07) is 8.82. The smallest absolute Gasteiger partial charge is 0.350 e. The summed E-state index contributed by atoms with van der Waals surface area (Å²) in [5, 5.41) is 8.72. The van der Waals surface area contributed by atoms with Gasteiger partial charge in [0.25, 0.3) is 0 Å². The van der Waals surface area contributed by atoms with Crippen LogP contribution in [0.1, 0.15) is 31.2 Å². The zero-order valence-corrected chi connectivity index (χ0v) is 10.3. The maximum absolute atomic E-state index is 11.9. The van der Waals surface area contributed by atoms with Crippen molar-refractivity contribution in [1.29, 1.82) is 5.26 Å². The van der Waals surface area contributed by atoms with Crippen LogP contribution >= 0.6 is 0 Å². The van der Waals surface area contributed by atoms with Gasteiger partial charge in [-0.15, -0.1) is 0 Å². The van der Waals surface area contributed by atoms with E-state index >= 15 is 0 Å². The Labute approximate surface area is 106 Å². The van der Waals surface area contributed by atoms with E-state index in [0.717, 1.165) is 12.8 Å². The van der Waals surface area contributed by atoms with Gasteiger partial charge in [-0.25, -0.2) is 4.79 Å². The lowest BCUT2D eigenvalue weighted by Gasteiger charge is -2.27. The first-order valence-corrected chi connectivity index (χ1v) is 5.98. The summed E-state index contributed by atoms with van der Waals surface area (Å²) in [6.07, 6.45) is 3.29. The first kappa shape index (κ1) is 12.4. The van der Waals surface area contributed by atoms with E-state index in [1.165, 1.54) is 7.11 Å². The van der Waals surface area contributed by atoms with E-state index in [-0.39, 0.29) is 5.97 Å². The second-order valence-electron chi connectivity index (χ2n) is 4.43. The number of ether oxygens (including phenoxy) is 2. The van der Waals surface area contributed by atoms with Crippen LogP contribution in [0.3, 0.4) is 0 Å². The topological polar surface area (TPSA) is 59.3 Å². The summed E-state index contributed by atoms with van der Waals surface area (Å²) in [6.45, 7) is 0. The summed E-state index contributed by atoms with van der Waals surface area (Å²) in [5.74, 6) is 0.283. The van der Waals surface area contributed by atoms with Gasteiger partial charge in [0, 0.05) is 0 Å². The van der Waals surface area contributed by atoms with Gasteiger partial charge in [-0.1, -0.05) is 0 Å². The molecule has 1 fully saturated rings. The molecule has 1 aliphatic carbocycles. The van der Waals surface area contributed by atoms with Gasteiger partial charge < -0.3 is 9.47 Å². The third-order valence-corrected chi connectivity index (χ3v) is 3.27. The molecular formula is C14H15NO3. The minimum absolute atomic E-state index is 0.315. The quantitative estimate of drug-likeness (QED) is 0.767. The molecule has 0 bridgehead atoms. The average molecular weight is 245 g/mol. The van der Waals surface area contributed by atoms with Crippen molar-refractivity contribution in [2.75, 3.05) is 7.11 Å². The molecule has 2 rings (SSSR count). The van der Waals surface area contributed by atoms with Crippen LogP contribution in [-0.2, 0) is 9.53 Å². The summed E-state index contributed by atoms with van der Waals surface area (Å²) in [4.78, 5) is 11.9. The number of hydrogen-bond acceptors (Lipinski definition) is 4. The second kappa shape index (κ2) is 5.09. The Hall–Kier alpha value is -2.02. The van der Waals surface area contributed by atoms with E-state index in [1.54, 1.807) is 24.3 Å². The standard InChI is InChI=1S/C14H15NO3/c1-17-13(16)14(8-2-3-9-14)18-12-6-4-11(10-15)5-7-12/h4-7H,2-3,8-9H2,1H3. The molecular weight excluding hydrogens is 230 g/mol. The molecule has 0 N–H and O–H groups in total. The van der Waals surface area contributed by atoms with E-state index in [4.69, 9.17) is 14.7 Å². The third kappa shape index (κ3) is 2.30. The van der Waals surface area contributed by atoms with Crippen molar-refractivity contribution < 1.29 is 14.3 Å². The zero-order chi connectivity index (χ0) is 13.0. The lowest BCUT2D eigenvalue weighted by molar-refractivity contribution is -0.158. The van der Waals surface area contributed by atoms with Gasteiger partial charge in [0.1, 0.15) is 5.75 Å². The maximum Gasteiger partial charge on any atom is 0.350 e. The van der Waals surface area contributed by atoms with E-state index in [2.05, 4.69) is 0 Å². The van der Waals surface area contributed by atoms with Crippen LogP contribution in [0.4, 0.5) is 0 Å². The van der Waals surface area contributed by atoms with Gasteiger partial charge in [0.15, 0.2) is 0 Å². The third-order valence-electron chi connectivity index (χ3n) is 3.27. The van der Waals surface area contributed by atoms with Gasteiger partial charge in [-0.2, -0.15) is 5.26 Å². The molecule has 0 amide bonds. The fourth-order valence-electron chi connectivity index (χ4n) is 2.30. The highest BCUT2D eigenvalue weighted by Crippen LogP contribution is 2.35. The van der Waals surface area contributed by atoms with E-state index in [0.29, 0.717) is 24.2 Å². The largest absolute Gasteiger partial charge is 0.476 e. The second-order valence-corrected chi connectivity index (χ2v) is 4.43. The van der Waals surface area contributed by atoms with Gasteiger partial charge >= 0.3 is 5.97 Å². The van der Waals surface area contributed by atoms with Crippen LogP contribution < -0.4 is 4.74 Å². The van der Waals surface area contributed by atoms with Crippen molar-refractivity contribution >= 4 is 5.97 Å². The van der Waals surface area contributed by atoms with E-state index in [9.17, 15) is 4.79 Å². The fourth-order valence-corrected chi connectivity index (χ4v) is 2.30. The molecule has 0 aliphatic heterocycles. The normalized spacial score (nSPS) is 16.9. The molecule has 4 nitrogen and oxygen atoms in total. The van der Waals surface area contributed by atoms with Crippen molar-refractivity contribution in [2.45, 2.75) is 31.3 Å². The Morgan fingerprint density at radius 3 is 2.39 bits per heavy atom. The molecule has 0 saturated heterocycles. The highest BCUT2D eigenvalue weighted by Gasteiger charge is 2.44. The molecule has 1 aromatic rings. The molecule has 0 radical (unpaired) electrons. The van der Waals surface area contributed by atoms with E-state index < -0.39 is 5.60 Å². The van der Waals surface area contributed by atoms with Crippen molar-refractivity contribution in [2.24, 2.45) is 0 Å². The number of nitriles is 1. The van der Waals surface area contributed by atoms with Crippen molar-refractivity contribution in [3.8, 4) is 11.8 Å². The van der Waals surface area contributed by atoms with Gasteiger partial charge in [0.05, 0.1) is 18.7 Å². The number of benzene rings is 1. The molecule has 94 valence electrons. The number of hydrogen-bond donors (Lipinski definition) is 0. The number of rotatable bonds is 3. The van der Waals surface area contributed by atoms with Gasteiger partial charge in [-0.3, -0.25) is 0 Å². The van der Waals surface area contributed by atoms with Crippen molar-refractivity contribution in [3.05, 3.63) is 29.8 Å². The molecule has 0 atom stereocenters. The zero-order valence-electron chi connectivity index (χ0n) is 10.3. The highest BCUT2D eigenvalue weighted by molar-refractivity contribution is 5.80. The number of carbonyl (C=O) groups excluding carboxylic acids is 1. The predicted molar refractivity (Wildman–Crippen MR) is 65.0 cm³/mol. The molecule has 0 heterocycles. The Kier molecular flexibility index (Phi) is 3.52. The van der Waals surface area contributed by atoms with Crippen molar-refractivity contribution in [3.63, 3.8) is 0 Å². The number of carbonyl (C=O) groups is 1. The first-order valence-electron chi connectivity index (χ1n) is 5.98. The average Bonchev–Trinajstić information content (AvgIpc) is 2.88. The summed E-state index contributed by atoms with van der Waals surface area (Å²) in [5.41, 5.74) is -0.274. The Balaban J connectivity index is 2.19. The van der Waals surface area contributed by atoms with Crippen molar-refractivity contribution in [1.82, 2.24) is 0 Å². The number of methoxy groups -OCH3 is 1. The van der Waals surface area contributed by atoms with Crippen LogP contribution in [0.2, 0.25) is 0 Å². The first-order chi connectivity index (χ1) is 8.70. The lowest BCUT2D eigenvalue weighted by Crippen LogP contribution is -2.42. The molecule has 0 spiro atoms. The monoisotopic (exact) mass is 245 g/mol. The predicted octanol–water partition coefficient (Wildman–Crippen LogP) is 2.42. The SMILES string of the molecule is COC(=O)C1(Oc2ccc(C#N)cc2)CCCC1. The Bertz CT molecular complexity index is 467. The number of esters is 1. The van der Waals surface area contributed by atoms with Gasteiger partial charge in [0.2, 0.25) is 5.60 Å². The molecule has 0 aromatic heterocycles. The fraction of sp³-hybridized carbons (Fsp3) is 0.429. The highest BCUT2D eigenvalue weighted by atomic mass is 16.6. The van der Waals surface area contributed by atoms with Crippen LogP contribution in [0, 0.1) is 11.3 Å². The van der Waals surface area contributed by atoms with Gasteiger partial charge in [-0.05, 0) is 49.9 Å².